The van der Waals surface area contributed by atoms with Crippen LogP contribution in [-0.4, -0.2) is 35.3 Å². The standard InChI is InChI=1S/C21H24N2O5/c1-13-6-4-7-14(2)19(13)22-20(25)15(3)28-21(26)16-10-18(24)23(11-16)12-17-8-5-9-27-17/h4-9,15-16H,10-12H2,1-3H3,(H,22,25)/t15-,16-/m0/s1. The first-order valence-electron chi connectivity index (χ1n) is 9.23. The normalized spacial score (nSPS) is 17.5. The Morgan fingerprint density at radius 3 is 2.61 bits per heavy atom. The van der Waals surface area contributed by atoms with Crippen molar-refractivity contribution in [2.45, 2.75) is 39.8 Å². The van der Waals surface area contributed by atoms with Gasteiger partial charge in [-0.3, -0.25) is 14.4 Å². The Hall–Kier alpha value is -3.09. The van der Waals surface area contributed by atoms with Gasteiger partial charge in [-0.1, -0.05) is 18.2 Å². The van der Waals surface area contributed by atoms with Crippen molar-refractivity contribution in [2.75, 3.05) is 11.9 Å². The fourth-order valence-corrected chi connectivity index (χ4v) is 3.23. The van der Waals surface area contributed by atoms with E-state index in [4.69, 9.17) is 9.15 Å². The van der Waals surface area contributed by atoms with Crippen LogP contribution >= 0.6 is 0 Å². The van der Waals surface area contributed by atoms with Gasteiger partial charge in [-0.2, -0.15) is 0 Å². The maximum absolute atomic E-state index is 12.4. The summed E-state index contributed by atoms with van der Waals surface area (Å²) in [7, 11) is 0. The van der Waals surface area contributed by atoms with Gasteiger partial charge < -0.3 is 19.4 Å². The summed E-state index contributed by atoms with van der Waals surface area (Å²) < 4.78 is 10.6. The molecule has 2 heterocycles. The highest BCUT2D eigenvalue weighted by Crippen LogP contribution is 2.23. The molecule has 0 bridgehead atoms. The molecule has 7 nitrogen and oxygen atoms in total. The molecular formula is C21H24N2O5. The molecule has 2 aromatic rings. The fourth-order valence-electron chi connectivity index (χ4n) is 3.23. The Morgan fingerprint density at radius 1 is 1.25 bits per heavy atom. The first-order valence-corrected chi connectivity index (χ1v) is 9.23. The third-order valence-electron chi connectivity index (χ3n) is 4.87. The van der Waals surface area contributed by atoms with E-state index in [-0.39, 0.29) is 18.9 Å². The molecule has 1 saturated heterocycles. The van der Waals surface area contributed by atoms with Crippen LogP contribution in [0.1, 0.15) is 30.2 Å². The SMILES string of the molecule is Cc1cccc(C)c1NC(=O)[C@H](C)OC(=O)[C@H]1CC(=O)N(Cc2ccco2)C1. The maximum Gasteiger partial charge on any atom is 0.312 e. The van der Waals surface area contributed by atoms with Crippen molar-refractivity contribution in [1.29, 1.82) is 0 Å². The van der Waals surface area contributed by atoms with Gasteiger partial charge in [0.15, 0.2) is 6.10 Å². The number of likely N-dealkylation sites (tertiary alicyclic amines) is 1. The molecule has 1 aliphatic rings. The second-order valence-electron chi connectivity index (χ2n) is 7.09. The number of amides is 2. The Balaban J connectivity index is 1.55. The molecule has 1 aliphatic heterocycles. The van der Waals surface area contributed by atoms with Crippen molar-refractivity contribution < 1.29 is 23.5 Å². The molecule has 2 atom stereocenters. The highest BCUT2D eigenvalue weighted by molar-refractivity contribution is 5.96. The summed E-state index contributed by atoms with van der Waals surface area (Å²) in [5, 5.41) is 2.82. The zero-order chi connectivity index (χ0) is 20.3. The number of para-hydroxylation sites is 1. The molecule has 28 heavy (non-hydrogen) atoms. The third-order valence-corrected chi connectivity index (χ3v) is 4.87. The zero-order valence-electron chi connectivity index (χ0n) is 16.2. The molecule has 1 aromatic carbocycles. The lowest BCUT2D eigenvalue weighted by molar-refractivity contribution is -0.157. The van der Waals surface area contributed by atoms with Gasteiger partial charge in [0, 0.05) is 18.7 Å². The van der Waals surface area contributed by atoms with Gasteiger partial charge in [-0.25, -0.2) is 0 Å². The van der Waals surface area contributed by atoms with Crippen molar-refractivity contribution in [3.05, 3.63) is 53.5 Å². The molecule has 0 spiro atoms. The first-order chi connectivity index (χ1) is 13.3. The van der Waals surface area contributed by atoms with Crippen LogP contribution in [0.15, 0.2) is 41.0 Å². The molecular weight excluding hydrogens is 360 g/mol. The van der Waals surface area contributed by atoms with Gasteiger partial charge in [-0.15, -0.1) is 0 Å². The Morgan fingerprint density at radius 2 is 1.96 bits per heavy atom. The minimum Gasteiger partial charge on any atom is -0.467 e. The lowest BCUT2D eigenvalue weighted by atomic mass is 10.1. The molecule has 0 radical (unpaired) electrons. The molecule has 1 N–H and O–H groups in total. The number of hydrogen-bond donors (Lipinski definition) is 1. The predicted octanol–water partition coefficient (Wildman–Crippen LogP) is 2.82. The Kier molecular flexibility index (Phi) is 5.82. The van der Waals surface area contributed by atoms with Crippen molar-refractivity contribution in [2.24, 2.45) is 5.92 Å². The zero-order valence-corrected chi connectivity index (χ0v) is 16.2. The van der Waals surface area contributed by atoms with Crippen molar-refractivity contribution in [1.82, 2.24) is 4.90 Å². The second-order valence-corrected chi connectivity index (χ2v) is 7.09. The number of ether oxygens (including phenoxy) is 1. The number of furan rings is 1. The molecule has 2 amide bonds. The minimum absolute atomic E-state index is 0.0742. The molecule has 0 saturated carbocycles. The summed E-state index contributed by atoms with van der Waals surface area (Å²) >= 11 is 0. The molecule has 1 fully saturated rings. The van der Waals surface area contributed by atoms with E-state index in [1.807, 2.05) is 32.0 Å². The summed E-state index contributed by atoms with van der Waals surface area (Å²) in [6.45, 7) is 5.90. The van der Waals surface area contributed by atoms with Crippen LogP contribution in [0.2, 0.25) is 0 Å². The van der Waals surface area contributed by atoms with Crippen LogP contribution in [0, 0.1) is 19.8 Å². The number of esters is 1. The number of carbonyl (C=O) groups excluding carboxylic acids is 3. The highest BCUT2D eigenvalue weighted by Gasteiger charge is 2.37. The average Bonchev–Trinajstić information content (AvgIpc) is 3.28. The van der Waals surface area contributed by atoms with Gasteiger partial charge in [0.25, 0.3) is 5.91 Å². The summed E-state index contributed by atoms with van der Waals surface area (Å²) in [6, 6.07) is 9.24. The fraction of sp³-hybridized carbons (Fsp3) is 0.381. The molecule has 148 valence electrons. The van der Waals surface area contributed by atoms with E-state index in [1.165, 1.54) is 13.2 Å². The third kappa shape index (κ3) is 4.42. The van der Waals surface area contributed by atoms with Crippen LogP contribution in [0.3, 0.4) is 0 Å². The first kappa shape index (κ1) is 19.7. The number of benzene rings is 1. The van der Waals surface area contributed by atoms with E-state index in [2.05, 4.69) is 5.32 Å². The molecule has 3 rings (SSSR count). The predicted molar refractivity (Wildman–Crippen MR) is 102 cm³/mol. The summed E-state index contributed by atoms with van der Waals surface area (Å²) in [4.78, 5) is 38.6. The monoisotopic (exact) mass is 384 g/mol. The topological polar surface area (TPSA) is 88.8 Å². The van der Waals surface area contributed by atoms with E-state index >= 15 is 0 Å². The molecule has 1 aromatic heterocycles. The van der Waals surface area contributed by atoms with Crippen LogP contribution < -0.4 is 5.32 Å². The molecule has 0 aliphatic carbocycles. The largest absolute Gasteiger partial charge is 0.467 e. The molecule has 7 heteroatoms. The number of anilines is 1. The van der Waals surface area contributed by atoms with Crippen molar-refractivity contribution in [3.8, 4) is 0 Å². The van der Waals surface area contributed by atoms with Gasteiger partial charge in [0.2, 0.25) is 5.91 Å². The van der Waals surface area contributed by atoms with Gasteiger partial charge in [0.05, 0.1) is 18.7 Å². The molecule has 0 unspecified atom stereocenters. The number of rotatable bonds is 6. The number of nitrogens with one attached hydrogen (secondary N) is 1. The van der Waals surface area contributed by atoms with Gasteiger partial charge in [-0.05, 0) is 44.0 Å². The average molecular weight is 384 g/mol. The van der Waals surface area contributed by atoms with E-state index in [1.54, 1.807) is 17.0 Å². The number of aryl methyl sites for hydroxylation is 2. The van der Waals surface area contributed by atoms with Gasteiger partial charge in [0.1, 0.15) is 5.76 Å². The van der Waals surface area contributed by atoms with Gasteiger partial charge >= 0.3 is 5.97 Å². The van der Waals surface area contributed by atoms with Crippen LogP contribution in [0.4, 0.5) is 5.69 Å². The van der Waals surface area contributed by atoms with Crippen molar-refractivity contribution >= 4 is 23.5 Å². The lowest BCUT2D eigenvalue weighted by Gasteiger charge is -2.18. The van der Waals surface area contributed by atoms with E-state index in [9.17, 15) is 14.4 Å². The summed E-state index contributed by atoms with van der Waals surface area (Å²) in [6.07, 6.45) is 0.656. The van der Waals surface area contributed by atoms with Crippen LogP contribution in [0.5, 0.6) is 0 Å². The Bertz CT molecular complexity index is 855. The quantitative estimate of drug-likeness (QED) is 0.774. The van der Waals surface area contributed by atoms with E-state index in [0.717, 1.165) is 16.8 Å². The smallest absolute Gasteiger partial charge is 0.312 e. The van der Waals surface area contributed by atoms with E-state index < -0.39 is 23.9 Å². The van der Waals surface area contributed by atoms with Crippen LogP contribution in [-0.2, 0) is 25.7 Å². The lowest BCUT2D eigenvalue weighted by Crippen LogP contribution is -2.33. The number of carbonyl (C=O) groups is 3. The Labute approximate surface area is 163 Å². The number of nitrogens with zero attached hydrogens (tertiary/aromatic N) is 1. The maximum atomic E-state index is 12.4. The highest BCUT2D eigenvalue weighted by atomic mass is 16.5. The summed E-state index contributed by atoms with van der Waals surface area (Å²) in [5.74, 6) is -1.01. The minimum atomic E-state index is -0.958. The second kappa shape index (κ2) is 8.29. The van der Waals surface area contributed by atoms with Crippen LogP contribution in [0.25, 0.3) is 0 Å². The van der Waals surface area contributed by atoms with E-state index in [0.29, 0.717) is 12.3 Å². The number of hydrogen-bond acceptors (Lipinski definition) is 5. The van der Waals surface area contributed by atoms with Crippen molar-refractivity contribution in [3.63, 3.8) is 0 Å². The summed E-state index contributed by atoms with van der Waals surface area (Å²) in [5.41, 5.74) is 2.58.